The lowest BCUT2D eigenvalue weighted by atomic mass is 10.1. The number of benzene rings is 1. The Kier molecular flexibility index (Phi) is 4.71. The van der Waals surface area contributed by atoms with Gasteiger partial charge >= 0.3 is 0 Å². The molecule has 1 fully saturated rings. The summed E-state index contributed by atoms with van der Waals surface area (Å²) in [6, 6.07) is 2.76. The Morgan fingerprint density at radius 2 is 2.05 bits per heavy atom. The molecule has 1 saturated carbocycles. The number of nitrogens with zero attached hydrogens (tertiary/aromatic N) is 1. The first kappa shape index (κ1) is 16.8. The van der Waals surface area contributed by atoms with Gasteiger partial charge in [-0.25, -0.2) is 8.42 Å². The Morgan fingerprint density at radius 1 is 1.48 bits per heavy atom. The van der Waals surface area contributed by atoms with Gasteiger partial charge in [0.15, 0.2) is 0 Å². The van der Waals surface area contributed by atoms with Crippen molar-refractivity contribution in [1.29, 1.82) is 0 Å². The first-order chi connectivity index (χ1) is 9.61. The predicted octanol–water partition coefficient (Wildman–Crippen LogP) is 3.41. The molecule has 0 spiro atoms. The van der Waals surface area contributed by atoms with Crippen molar-refractivity contribution in [2.45, 2.75) is 25.2 Å². The molecular weight excluding hydrogens is 378 g/mol. The minimum absolute atomic E-state index is 0.0711. The van der Waals surface area contributed by atoms with Crippen molar-refractivity contribution in [2.75, 3.05) is 13.6 Å². The molecule has 1 aliphatic carbocycles. The maximum atomic E-state index is 12.5. The SMILES string of the molecule is Cc1c(Br)cc(S(=O)(=O)Cl)cc1C(=O)N(C)CC1CC1C. The summed E-state index contributed by atoms with van der Waals surface area (Å²) in [6.07, 6.45) is 1.14. The monoisotopic (exact) mass is 393 g/mol. The van der Waals surface area contributed by atoms with E-state index in [-0.39, 0.29) is 10.8 Å². The van der Waals surface area contributed by atoms with Gasteiger partial charge in [0, 0.05) is 34.3 Å². The van der Waals surface area contributed by atoms with Gasteiger partial charge in [-0.15, -0.1) is 0 Å². The molecule has 0 N–H and O–H groups in total. The zero-order valence-electron chi connectivity index (χ0n) is 12.1. The minimum Gasteiger partial charge on any atom is -0.341 e. The van der Waals surface area contributed by atoms with E-state index in [9.17, 15) is 13.2 Å². The molecule has 1 aliphatic rings. The summed E-state index contributed by atoms with van der Waals surface area (Å²) < 4.78 is 23.5. The van der Waals surface area contributed by atoms with Gasteiger partial charge in [0.05, 0.1) is 4.90 Å². The molecule has 1 aromatic rings. The quantitative estimate of drug-likeness (QED) is 0.735. The van der Waals surface area contributed by atoms with Crippen LogP contribution in [0.4, 0.5) is 0 Å². The van der Waals surface area contributed by atoms with Crippen molar-refractivity contribution < 1.29 is 13.2 Å². The van der Waals surface area contributed by atoms with Crippen molar-refractivity contribution in [2.24, 2.45) is 11.8 Å². The molecule has 7 heteroatoms. The molecule has 2 unspecified atom stereocenters. The van der Waals surface area contributed by atoms with E-state index < -0.39 is 9.05 Å². The average molecular weight is 395 g/mol. The summed E-state index contributed by atoms with van der Waals surface area (Å²) >= 11 is 3.29. The van der Waals surface area contributed by atoms with Crippen LogP contribution in [0.5, 0.6) is 0 Å². The molecule has 2 atom stereocenters. The van der Waals surface area contributed by atoms with Crippen LogP contribution in [0.3, 0.4) is 0 Å². The van der Waals surface area contributed by atoms with Crippen molar-refractivity contribution in [3.05, 3.63) is 27.7 Å². The molecular formula is C14H17BrClNO3S. The van der Waals surface area contributed by atoms with Crippen LogP contribution in [0.15, 0.2) is 21.5 Å². The smallest absolute Gasteiger partial charge is 0.261 e. The fourth-order valence-corrected chi connectivity index (χ4v) is 3.71. The van der Waals surface area contributed by atoms with Gasteiger partial charge in [0.25, 0.3) is 15.0 Å². The van der Waals surface area contributed by atoms with Gasteiger partial charge < -0.3 is 4.90 Å². The van der Waals surface area contributed by atoms with E-state index in [1.54, 1.807) is 18.9 Å². The Labute approximate surface area is 138 Å². The molecule has 0 saturated heterocycles. The van der Waals surface area contributed by atoms with Gasteiger partial charge in [0.1, 0.15) is 0 Å². The summed E-state index contributed by atoms with van der Waals surface area (Å²) in [7, 11) is 3.25. The molecule has 4 nitrogen and oxygen atoms in total. The third-order valence-electron chi connectivity index (χ3n) is 3.96. The highest BCUT2D eigenvalue weighted by atomic mass is 79.9. The summed E-state index contributed by atoms with van der Waals surface area (Å²) in [6.45, 7) is 4.62. The van der Waals surface area contributed by atoms with Crippen molar-refractivity contribution in [3.8, 4) is 0 Å². The number of amides is 1. The molecule has 1 amide bonds. The second-order valence-corrected chi connectivity index (χ2v) is 9.09. The Morgan fingerprint density at radius 3 is 2.52 bits per heavy atom. The summed E-state index contributed by atoms with van der Waals surface area (Å²) in [5.74, 6) is 1.01. The van der Waals surface area contributed by atoms with Crippen LogP contribution in [0.1, 0.15) is 29.3 Å². The highest BCUT2D eigenvalue weighted by molar-refractivity contribution is 9.10. The predicted molar refractivity (Wildman–Crippen MR) is 86.1 cm³/mol. The molecule has 116 valence electrons. The highest BCUT2D eigenvalue weighted by Gasteiger charge is 2.34. The van der Waals surface area contributed by atoms with Crippen LogP contribution in [0, 0.1) is 18.8 Å². The maximum Gasteiger partial charge on any atom is 0.261 e. The summed E-state index contributed by atoms with van der Waals surface area (Å²) in [5.41, 5.74) is 1.07. The largest absolute Gasteiger partial charge is 0.341 e. The third-order valence-corrected chi connectivity index (χ3v) is 6.12. The van der Waals surface area contributed by atoms with E-state index >= 15 is 0 Å². The lowest BCUT2D eigenvalue weighted by Crippen LogP contribution is -2.29. The van der Waals surface area contributed by atoms with Crippen LogP contribution in [0.25, 0.3) is 0 Å². The second-order valence-electron chi connectivity index (χ2n) is 5.67. The number of rotatable bonds is 4. The van der Waals surface area contributed by atoms with Crippen LogP contribution >= 0.6 is 26.6 Å². The van der Waals surface area contributed by atoms with Crippen LogP contribution in [-0.2, 0) is 9.05 Å². The van der Waals surface area contributed by atoms with Gasteiger partial charge in [-0.2, -0.15) is 0 Å². The van der Waals surface area contributed by atoms with E-state index in [0.717, 1.165) is 6.42 Å². The topological polar surface area (TPSA) is 54.5 Å². The first-order valence-electron chi connectivity index (χ1n) is 6.61. The van der Waals surface area contributed by atoms with Gasteiger partial charge in [-0.3, -0.25) is 4.79 Å². The highest BCUT2D eigenvalue weighted by Crippen LogP contribution is 2.38. The number of carbonyl (C=O) groups excluding carboxylic acids is 1. The molecule has 0 radical (unpaired) electrons. The number of hydrogen-bond donors (Lipinski definition) is 0. The van der Waals surface area contributed by atoms with Gasteiger partial charge in [-0.05, 0) is 42.9 Å². The van der Waals surface area contributed by atoms with E-state index in [1.165, 1.54) is 12.1 Å². The zero-order valence-corrected chi connectivity index (χ0v) is 15.2. The fraction of sp³-hybridized carbons (Fsp3) is 0.500. The van der Waals surface area contributed by atoms with E-state index in [4.69, 9.17) is 10.7 Å². The first-order valence-corrected chi connectivity index (χ1v) is 9.71. The average Bonchev–Trinajstić information content (AvgIpc) is 3.05. The van der Waals surface area contributed by atoms with Crippen molar-refractivity contribution >= 4 is 41.6 Å². The Balaban J connectivity index is 2.33. The molecule has 0 aliphatic heterocycles. The summed E-state index contributed by atoms with van der Waals surface area (Å²) in [4.78, 5) is 14.1. The molecule has 1 aromatic carbocycles. The normalized spacial score (nSPS) is 21.2. The van der Waals surface area contributed by atoms with Crippen molar-refractivity contribution in [3.63, 3.8) is 0 Å². The Bertz CT molecular complexity index is 690. The minimum atomic E-state index is -3.87. The van der Waals surface area contributed by atoms with E-state index in [1.807, 2.05) is 0 Å². The number of carbonyl (C=O) groups is 1. The number of hydrogen-bond acceptors (Lipinski definition) is 3. The molecule has 0 bridgehead atoms. The van der Waals surface area contributed by atoms with Crippen LogP contribution < -0.4 is 0 Å². The van der Waals surface area contributed by atoms with Crippen molar-refractivity contribution in [1.82, 2.24) is 4.90 Å². The van der Waals surface area contributed by atoms with Gasteiger partial charge in [0.2, 0.25) is 0 Å². The molecule has 0 aromatic heterocycles. The second kappa shape index (κ2) is 5.89. The molecule has 2 rings (SSSR count). The summed E-state index contributed by atoms with van der Waals surface area (Å²) in [5, 5.41) is 0. The lowest BCUT2D eigenvalue weighted by Gasteiger charge is -2.19. The zero-order chi connectivity index (χ0) is 15.9. The maximum absolute atomic E-state index is 12.5. The van der Waals surface area contributed by atoms with Crippen LogP contribution in [-0.4, -0.2) is 32.8 Å². The van der Waals surface area contributed by atoms with Gasteiger partial charge in [-0.1, -0.05) is 22.9 Å². The molecule has 21 heavy (non-hydrogen) atoms. The number of halogens is 2. The lowest BCUT2D eigenvalue weighted by molar-refractivity contribution is 0.0786. The fourth-order valence-electron chi connectivity index (χ4n) is 2.31. The molecule has 0 heterocycles. The van der Waals surface area contributed by atoms with Crippen LogP contribution in [0.2, 0.25) is 0 Å². The van der Waals surface area contributed by atoms with E-state index in [2.05, 4.69) is 22.9 Å². The van der Waals surface area contributed by atoms with E-state index in [0.29, 0.717) is 34.0 Å². The third kappa shape index (κ3) is 3.79. The Hall–Kier alpha value is -0.590. The standard InChI is InChI=1S/C14H17BrClNO3S/c1-8-4-10(8)7-17(3)14(18)12-5-11(21(16,19)20)6-13(15)9(12)2/h5-6,8,10H,4,7H2,1-3H3.